The molecule has 0 atom stereocenters. The van der Waals surface area contributed by atoms with Crippen molar-refractivity contribution in [1.29, 1.82) is 0 Å². The molecule has 24 heavy (non-hydrogen) atoms. The fourth-order valence-electron chi connectivity index (χ4n) is 3.59. The van der Waals surface area contributed by atoms with Crippen LogP contribution in [0.15, 0.2) is 35.8 Å². The molecule has 3 aromatic rings. The molecule has 0 saturated heterocycles. The van der Waals surface area contributed by atoms with Gasteiger partial charge in [-0.25, -0.2) is 9.97 Å². The van der Waals surface area contributed by atoms with Crippen molar-refractivity contribution in [2.24, 2.45) is 0 Å². The van der Waals surface area contributed by atoms with Crippen LogP contribution in [-0.2, 0) is 12.1 Å². The summed E-state index contributed by atoms with van der Waals surface area (Å²) >= 11 is 1.62. The highest BCUT2D eigenvalue weighted by Gasteiger charge is 2.37. The highest BCUT2D eigenvalue weighted by atomic mass is 32.1. The monoisotopic (exact) mass is 348 g/mol. The molecule has 0 spiro atoms. The van der Waals surface area contributed by atoms with E-state index in [4.69, 9.17) is 0 Å². The fraction of sp³-hybridized carbons (Fsp3) is 0.412. The van der Waals surface area contributed by atoms with Crippen LogP contribution in [0.25, 0.3) is 11.0 Å². The summed E-state index contributed by atoms with van der Waals surface area (Å²) in [6.07, 6.45) is 6.01. The normalized spacial score (nSPS) is 17.1. The first-order chi connectivity index (χ1) is 11.7. The van der Waals surface area contributed by atoms with Crippen molar-refractivity contribution in [3.8, 4) is 0 Å². The second-order valence-electron chi connectivity index (χ2n) is 6.14. The first-order valence-corrected chi connectivity index (χ1v) is 8.97. The Balaban J connectivity index is 1.66. The third kappa shape index (κ3) is 2.61. The number of imidazole rings is 1. The van der Waals surface area contributed by atoms with E-state index in [9.17, 15) is 8.78 Å². The zero-order chi connectivity index (χ0) is 16.6. The van der Waals surface area contributed by atoms with Gasteiger partial charge in [0, 0.05) is 11.6 Å². The SMILES string of the molecule is FC(F)n1c(CNC2(c3nccs3)CCCC2)nc2ccccc21. The zero-order valence-corrected chi connectivity index (χ0v) is 13.9. The van der Waals surface area contributed by atoms with Gasteiger partial charge in [-0.3, -0.25) is 9.88 Å². The number of aromatic nitrogens is 3. The Bertz CT molecular complexity index is 822. The number of alkyl halides is 2. The van der Waals surface area contributed by atoms with Gasteiger partial charge in [-0.05, 0) is 25.0 Å². The predicted molar refractivity (Wildman–Crippen MR) is 90.1 cm³/mol. The van der Waals surface area contributed by atoms with Gasteiger partial charge in [-0.15, -0.1) is 11.3 Å². The van der Waals surface area contributed by atoms with Gasteiger partial charge in [0.15, 0.2) is 0 Å². The van der Waals surface area contributed by atoms with Crippen LogP contribution in [0.4, 0.5) is 8.78 Å². The Kier molecular flexibility index (Phi) is 4.05. The van der Waals surface area contributed by atoms with Gasteiger partial charge in [0.2, 0.25) is 0 Å². The summed E-state index contributed by atoms with van der Waals surface area (Å²) in [6.45, 7) is -2.30. The van der Waals surface area contributed by atoms with E-state index in [2.05, 4.69) is 15.3 Å². The molecule has 7 heteroatoms. The van der Waals surface area contributed by atoms with Crippen LogP contribution < -0.4 is 5.32 Å². The number of benzene rings is 1. The average molecular weight is 348 g/mol. The molecular formula is C17H18F2N4S. The third-order valence-electron chi connectivity index (χ3n) is 4.75. The molecule has 1 fully saturated rings. The van der Waals surface area contributed by atoms with Gasteiger partial charge in [-0.2, -0.15) is 8.78 Å². The van der Waals surface area contributed by atoms with Crippen LogP contribution in [0, 0.1) is 0 Å². The third-order valence-corrected chi connectivity index (χ3v) is 5.72. The minimum absolute atomic E-state index is 0.209. The molecule has 0 bridgehead atoms. The fourth-order valence-corrected chi connectivity index (χ4v) is 4.46. The Morgan fingerprint density at radius 1 is 1.25 bits per heavy atom. The molecule has 4 rings (SSSR count). The van der Waals surface area contributed by atoms with Crippen molar-refractivity contribution in [2.75, 3.05) is 0 Å². The summed E-state index contributed by atoms with van der Waals surface area (Å²) in [7, 11) is 0. The van der Waals surface area contributed by atoms with E-state index < -0.39 is 6.55 Å². The maximum atomic E-state index is 13.5. The van der Waals surface area contributed by atoms with Crippen molar-refractivity contribution in [3.05, 3.63) is 46.7 Å². The molecule has 4 nitrogen and oxygen atoms in total. The number of para-hydroxylation sites is 2. The number of halogens is 2. The lowest BCUT2D eigenvalue weighted by Gasteiger charge is -2.28. The van der Waals surface area contributed by atoms with Crippen LogP contribution in [0.2, 0.25) is 0 Å². The number of fused-ring (bicyclic) bond motifs is 1. The van der Waals surface area contributed by atoms with Gasteiger partial charge in [-0.1, -0.05) is 25.0 Å². The molecule has 1 aliphatic carbocycles. The molecular weight excluding hydrogens is 330 g/mol. The molecule has 1 saturated carbocycles. The average Bonchev–Trinajstić information content (AvgIpc) is 3.31. The largest absolute Gasteiger partial charge is 0.320 e. The van der Waals surface area contributed by atoms with E-state index in [1.165, 1.54) is 0 Å². The van der Waals surface area contributed by atoms with Gasteiger partial charge >= 0.3 is 6.55 Å². The van der Waals surface area contributed by atoms with Crippen molar-refractivity contribution in [3.63, 3.8) is 0 Å². The molecule has 0 amide bonds. The molecule has 2 aromatic heterocycles. The molecule has 1 N–H and O–H groups in total. The minimum Gasteiger partial charge on any atom is -0.298 e. The maximum Gasteiger partial charge on any atom is 0.320 e. The van der Waals surface area contributed by atoms with E-state index in [1.54, 1.807) is 35.7 Å². The quantitative estimate of drug-likeness (QED) is 0.741. The Labute approximate surface area is 142 Å². The number of thiazole rings is 1. The summed E-state index contributed by atoms with van der Waals surface area (Å²) in [5, 5.41) is 6.51. The second kappa shape index (κ2) is 6.22. The number of nitrogens with zero attached hydrogens (tertiary/aromatic N) is 3. The summed E-state index contributed by atoms with van der Waals surface area (Å²) in [4.78, 5) is 8.87. The summed E-state index contributed by atoms with van der Waals surface area (Å²) in [6, 6.07) is 7.03. The first-order valence-electron chi connectivity index (χ1n) is 8.09. The van der Waals surface area contributed by atoms with Gasteiger partial charge in [0.25, 0.3) is 0 Å². The second-order valence-corrected chi connectivity index (χ2v) is 7.04. The van der Waals surface area contributed by atoms with Crippen LogP contribution in [0.5, 0.6) is 0 Å². The highest BCUT2D eigenvalue weighted by Crippen LogP contribution is 2.40. The number of hydrogen-bond acceptors (Lipinski definition) is 4. The Hall–Kier alpha value is -1.86. The highest BCUT2D eigenvalue weighted by molar-refractivity contribution is 7.09. The lowest BCUT2D eigenvalue weighted by atomic mass is 9.98. The molecule has 0 unspecified atom stereocenters. The van der Waals surface area contributed by atoms with Crippen LogP contribution in [0.3, 0.4) is 0 Å². The van der Waals surface area contributed by atoms with Crippen molar-refractivity contribution in [1.82, 2.24) is 19.9 Å². The number of rotatable bonds is 5. The van der Waals surface area contributed by atoms with E-state index >= 15 is 0 Å². The van der Waals surface area contributed by atoms with Crippen molar-refractivity contribution < 1.29 is 8.78 Å². The first kappa shape index (κ1) is 15.7. The van der Waals surface area contributed by atoms with E-state index in [-0.39, 0.29) is 5.54 Å². The van der Waals surface area contributed by atoms with Crippen LogP contribution in [-0.4, -0.2) is 14.5 Å². The van der Waals surface area contributed by atoms with E-state index in [0.717, 1.165) is 35.3 Å². The van der Waals surface area contributed by atoms with E-state index in [1.807, 2.05) is 11.4 Å². The topological polar surface area (TPSA) is 42.7 Å². The van der Waals surface area contributed by atoms with Crippen LogP contribution in [0.1, 0.15) is 43.1 Å². The lowest BCUT2D eigenvalue weighted by molar-refractivity contribution is 0.0705. The number of nitrogens with one attached hydrogen (secondary N) is 1. The zero-order valence-electron chi connectivity index (χ0n) is 13.1. The van der Waals surface area contributed by atoms with Crippen molar-refractivity contribution in [2.45, 2.75) is 44.3 Å². The molecule has 1 aromatic carbocycles. The predicted octanol–water partition coefficient (Wildman–Crippen LogP) is 4.45. The van der Waals surface area contributed by atoms with Crippen molar-refractivity contribution >= 4 is 22.4 Å². The van der Waals surface area contributed by atoms with Gasteiger partial charge in [0.1, 0.15) is 10.8 Å². The molecule has 0 aliphatic heterocycles. The molecule has 126 valence electrons. The van der Waals surface area contributed by atoms with Gasteiger partial charge in [0.05, 0.1) is 23.1 Å². The summed E-state index contributed by atoms with van der Waals surface area (Å²) < 4.78 is 28.1. The molecule has 1 aliphatic rings. The lowest BCUT2D eigenvalue weighted by Crippen LogP contribution is -2.40. The smallest absolute Gasteiger partial charge is 0.298 e. The number of hydrogen-bond donors (Lipinski definition) is 1. The standard InChI is InChI=1S/C17H18F2N4S/c18-16(19)23-13-6-2-1-5-12(13)22-14(23)11-21-17(7-3-4-8-17)15-20-9-10-24-15/h1-2,5-6,9-10,16,21H,3-4,7-8,11H2. The molecule has 0 radical (unpaired) electrons. The van der Waals surface area contributed by atoms with Gasteiger partial charge < -0.3 is 0 Å². The minimum atomic E-state index is -2.60. The Morgan fingerprint density at radius 3 is 2.75 bits per heavy atom. The summed E-state index contributed by atoms with van der Waals surface area (Å²) in [5.41, 5.74) is 0.863. The van der Waals surface area contributed by atoms with E-state index in [0.29, 0.717) is 23.4 Å². The summed E-state index contributed by atoms with van der Waals surface area (Å²) in [5.74, 6) is 0.369. The molecule has 2 heterocycles. The van der Waals surface area contributed by atoms with Crippen LogP contribution >= 0.6 is 11.3 Å². The maximum absolute atomic E-state index is 13.5. The Morgan fingerprint density at radius 2 is 2.04 bits per heavy atom.